The summed E-state index contributed by atoms with van der Waals surface area (Å²) < 4.78 is 5.48. The van der Waals surface area contributed by atoms with Crippen molar-refractivity contribution in [3.63, 3.8) is 0 Å². The Bertz CT molecular complexity index is 294. The van der Waals surface area contributed by atoms with Gasteiger partial charge in [-0.15, -0.1) is 0 Å². The van der Waals surface area contributed by atoms with Crippen molar-refractivity contribution in [1.82, 2.24) is 0 Å². The first-order chi connectivity index (χ1) is 6.79. The smallest absolute Gasteiger partial charge is 0.123 e. The number of aliphatic hydroxyl groups excluding tert-OH is 1. The average Bonchev–Trinajstić information content (AvgIpc) is 2.25. The summed E-state index contributed by atoms with van der Waals surface area (Å²) in [6.45, 7) is 6.19. The zero-order chi connectivity index (χ0) is 10.4. The average molecular weight is 192 g/mol. The summed E-state index contributed by atoms with van der Waals surface area (Å²) in [5.74, 6) is 0.935. The summed E-state index contributed by atoms with van der Waals surface area (Å²) in [5, 5.41) is 9.06. The van der Waals surface area contributed by atoms with Crippen LogP contribution in [0, 0.1) is 0 Å². The largest absolute Gasteiger partial charge is 0.489 e. The van der Waals surface area contributed by atoms with E-state index in [1.54, 1.807) is 6.08 Å². The molecule has 0 saturated carbocycles. The number of para-hydroxylation sites is 1. The van der Waals surface area contributed by atoms with Gasteiger partial charge >= 0.3 is 0 Å². The number of rotatable bonds is 5. The lowest BCUT2D eigenvalue weighted by Crippen LogP contribution is -2.03. The van der Waals surface area contributed by atoms with E-state index in [9.17, 15) is 0 Å². The summed E-state index contributed by atoms with van der Waals surface area (Å²) in [7, 11) is 0. The van der Waals surface area contributed by atoms with Gasteiger partial charge in [0.2, 0.25) is 0 Å². The van der Waals surface area contributed by atoms with Gasteiger partial charge in [-0.2, -0.15) is 0 Å². The second-order valence-electron chi connectivity index (χ2n) is 3.22. The number of ether oxygens (including phenoxy) is 1. The maximum absolute atomic E-state index is 9.06. The summed E-state index contributed by atoms with van der Waals surface area (Å²) in [6.07, 6.45) is 1.71. The molecular weight excluding hydrogens is 176 g/mol. The summed E-state index contributed by atoms with van der Waals surface area (Å²) >= 11 is 0. The number of hydrogen-bond acceptors (Lipinski definition) is 2. The van der Waals surface area contributed by atoms with Crippen molar-refractivity contribution >= 4 is 0 Å². The van der Waals surface area contributed by atoms with Crippen molar-refractivity contribution in [1.29, 1.82) is 0 Å². The van der Waals surface area contributed by atoms with Crippen LogP contribution in [0.4, 0.5) is 0 Å². The van der Waals surface area contributed by atoms with Crippen LogP contribution >= 0.6 is 0 Å². The second kappa shape index (κ2) is 5.45. The van der Waals surface area contributed by atoms with E-state index in [0.717, 1.165) is 11.3 Å². The monoisotopic (exact) mass is 192 g/mol. The normalized spacial score (nSPS) is 12.1. The van der Waals surface area contributed by atoms with Crippen molar-refractivity contribution in [3.05, 3.63) is 42.5 Å². The molecule has 0 amide bonds. The van der Waals surface area contributed by atoms with Crippen LogP contribution in [0.2, 0.25) is 0 Å². The van der Waals surface area contributed by atoms with E-state index in [-0.39, 0.29) is 12.5 Å². The summed E-state index contributed by atoms with van der Waals surface area (Å²) in [5.41, 5.74) is 1.04. The first-order valence-corrected chi connectivity index (χ1v) is 4.73. The molecule has 0 aliphatic heterocycles. The molecule has 0 spiro atoms. The van der Waals surface area contributed by atoms with Crippen molar-refractivity contribution in [2.45, 2.75) is 12.8 Å². The van der Waals surface area contributed by atoms with Crippen molar-refractivity contribution < 1.29 is 9.84 Å². The van der Waals surface area contributed by atoms with E-state index in [1.807, 2.05) is 31.2 Å². The highest BCUT2D eigenvalue weighted by Crippen LogP contribution is 2.25. The Morgan fingerprint density at radius 1 is 1.50 bits per heavy atom. The van der Waals surface area contributed by atoms with E-state index in [0.29, 0.717) is 6.61 Å². The van der Waals surface area contributed by atoms with Crippen LogP contribution in [-0.2, 0) is 0 Å². The third-order valence-corrected chi connectivity index (χ3v) is 2.08. The highest BCUT2D eigenvalue weighted by atomic mass is 16.5. The molecule has 1 aromatic carbocycles. The number of aliphatic hydroxyl groups is 1. The van der Waals surface area contributed by atoms with Gasteiger partial charge < -0.3 is 9.84 Å². The fourth-order valence-corrected chi connectivity index (χ4v) is 1.27. The van der Waals surface area contributed by atoms with E-state index in [1.165, 1.54) is 0 Å². The first-order valence-electron chi connectivity index (χ1n) is 4.73. The summed E-state index contributed by atoms with van der Waals surface area (Å²) in [6, 6.07) is 7.75. The minimum atomic E-state index is 0.107. The van der Waals surface area contributed by atoms with E-state index >= 15 is 0 Å². The molecule has 0 radical (unpaired) electrons. The van der Waals surface area contributed by atoms with E-state index in [2.05, 4.69) is 6.58 Å². The highest BCUT2D eigenvalue weighted by molar-refractivity contribution is 5.36. The van der Waals surface area contributed by atoms with Gasteiger partial charge in [0.25, 0.3) is 0 Å². The molecule has 1 aromatic rings. The molecule has 0 aliphatic carbocycles. The molecule has 76 valence electrons. The zero-order valence-corrected chi connectivity index (χ0v) is 8.44. The molecule has 0 heterocycles. The standard InChI is InChI=1S/C12H16O2/c1-3-8-14-12-7-5-4-6-11(12)10(2)9-13/h3-7,10,13H,1,8-9H2,2H3. The minimum absolute atomic E-state index is 0.107. The lowest BCUT2D eigenvalue weighted by Gasteiger charge is -2.13. The third-order valence-electron chi connectivity index (χ3n) is 2.08. The molecule has 1 atom stereocenters. The quantitative estimate of drug-likeness (QED) is 0.726. The SMILES string of the molecule is C=CCOc1ccccc1C(C)CO. The van der Waals surface area contributed by atoms with Gasteiger partial charge in [0, 0.05) is 12.5 Å². The van der Waals surface area contributed by atoms with Gasteiger partial charge in [-0.3, -0.25) is 0 Å². The Labute approximate surface area is 84.8 Å². The maximum atomic E-state index is 9.06. The molecule has 0 aliphatic rings. The molecule has 0 bridgehead atoms. The van der Waals surface area contributed by atoms with Crippen molar-refractivity contribution in [3.8, 4) is 5.75 Å². The van der Waals surface area contributed by atoms with Gasteiger partial charge in [-0.1, -0.05) is 37.8 Å². The van der Waals surface area contributed by atoms with Crippen molar-refractivity contribution in [2.24, 2.45) is 0 Å². The topological polar surface area (TPSA) is 29.5 Å². The lowest BCUT2D eigenvalue weighted by molar-refractivity contribution is 0.268. The second-order valence-corrected chi connectivity index (χ2v) is 3.22. The number of benzene rings is 1. The Hall–Kier alpha value is -1.28. The van der Waals surface area contributed by atoms with Crippen LogP contribution in [-0.4, -0.2) is 18.3 Å². The minimum Gasteiger partial charge on any atom is -0.489 e. The van der Waals surface area contributed by atoms with E-state index < -0.39 is 0 Å². The van der Waals surface area contributed by atoms with Gasteiger partial charge in [0.1, 0.15) is 12.4 Å². The Balaban J connectivity index is 2.84. The molecule has 1 N–H and O–H groups in total. The fraction of sp³-hybridized carbons (Fsp3) is 0.333. The number of hydrogen-bond donors (Lipinski definition) is 1. The summed E-state index contributed by atoms with van der Waals surface area (Å²) in [4.78, 5) is 0. The first kappa shape index (κ1) is 10.8. The molecule has 0 fully saturated rings. The zero-order valence-electron chi connectivity index (χ0n) is 8.44. The Morgan fingerprint density at radius 2 is 2.21 bits per heavy atom. The third kappa shape index (κ3) is 2.60. The molecular formula is C12H16O2. The van der Waals surface area contributed by atoms with Gasteiger partial charge in [-0.05, 0) is 11.6 Å². The fourth-order valence-electron chi connectivity index (χ4n) is 1.27. The lowest BCUT2D eigenvalue weighted by atomic mass is 10.0. The molecule has 0 aromatic heterocycles. The van der Waals surface area contributed by atoms with Crippen molar-refractivity contribution in [2.75, 3.05) is 13.2 Å². The highest BCUT2D eigenvalue weighted by Gasteiger charge is 2.09. The Kier molecular flexibility index (Phi) is 4.20. The predicted molar refractivity (Wildman–Crippen MR) is 57.6 cm³/mol. The predicted octanol–water partition coefficient (Wildman–Crippen LogP) is 2.35. The van der Waals surface area contributed by atoms with Crippen LogP contribution in [0.3, 0.4) is 0 Å². The maximum Gasteiger partial charge on any atom is 0.123 e. The molecule has 2 heteroatoms. The van der Waals surface area contributed by atoms with Gasteiger partial charge in [0.05, 0.1) is 0 Å². The van der Waals surface area contributed by atoms with Crippen LogP contribution < -0.4 is 4.74 Å². The van der Waals surface area contributed by atoms with Crippen LogP contribution in [0.25, 0.3) is 0 Å². The van der Waals surface area contributed by atoms with Gasteiger partial charge in [0.15, 0.2) is 0 Å². The van der Waals surface area contributed by atoms with Gasteiger partial charge in [-0.25, -0.2) is 0 Å². The molecule has 1 rings (SSSR count). The molecule has 0 saturated heterocycles. The van der Waals surface area contributed by atoms with Crippen LogP contribution in [0.1, 0.15) is 18.4 Å². The Morgan fingerprint density at radius 3 is 2.86 bits per heavy atom. The molecule has 1 unspecified atom stereocenters. The molecule has 2 nitrogen and oxygen atoms in total. The molecule has 14 heavy (non-hydrogen) atoms. The van der Waals surface area contributed by atoms with E-state index in [4.69, 9.17) is 9.84 Å². The van der Waals surface area contributed by atoms with Crippen LogP contribution in [0.15, 0.2) is 36.9 Å². The van der Waals surface area contributed by atoms with Crippen LogP contribution in [0.5, 0.6) is 5.75 Å².